The monoisotopic (exact) mass is 369 g/mol. The maximum Gasteiger partial charge on any atom is 0.247 e. The van der Waals surface area contributed by atoms with Crippen LogP contribution in [0.3, 0.4) is 0 Å². The maximum atomic E-state index is 12.1. The second-order valence-electron chi connectivity index (χ2n) is 5.55. The molecule has 0 aliphatic carbocycles. The predicted octanol–water partition coefficient (Wildman–Crippen LogP) is 3.67. The zero-order valence-corrected chi connectivity index (χ0v) is 14.6. The number of amides is 1. The first-order valence-corrected chi connectivity index (χ1v) is 8.43. The van der Waals surface area contributed by atoms with Gasteiger partial charge in [0.15, 0.2) is 5.78 Å². The third-order valence-corrected chi connectivity index (χ3v) is 4.01. The van der Waals surface area contributed by atoms with E-state index in [9.17, 15) is 9.59 Å². The minimum Gasteiger partial charge on any atom is -0.419 e. The highest BCUT2D eigenvalue weighted by Crippen LogP contribution is 2.18. The van der Waals surface area contributed by atoms with Gasteiger partial charge in [0.2, 0.25) is 17.7 Å². The summed E-state index contributed by atoms with van der Waals surface area (Å²) in [4.78, 5) is 24.0. The Morgan fingerprint density at radius 1 is 0.962 bits per heavy atom. The Bertz CT molecular complexity index is 909. The van der Waals surface area contributed by atoms with Crippen molar-refractivity contribution >= 4 is 23.3 Å². The van der Waals surface area contributed by atoms with Crippen molar-refractivity contribution in [2.75, 3.05) is 0 Å². The molecule has 132 valence electrons. The van der Waals surface area contributed by atoms with E-state index in [4.69, 9.17) is 16.0 Å². The molecule has 0 aliphatic rings. The van der Waals surface area contributed by atoms with Crippen LogP contribution in [0.2, 0.25) is 5.02 Å². The zero-order chi connectivity index (χ0) is 18.4. The molecular weight excluding hydrogens is 354 g/mol. The summed E-state index contributed by atoms with van der Waals surface area (Å²) in [6, 6.07) is 16.1. The molecular formula is C19H16ClN3O3. The van der Waals surface area contributed by atoms with Gasteiger partial charge >= 0.3 is 0 Å². The van der Waals surface area contributed by atoms with E-state index in [0.717, 1.165) is 5.56 Å². The molecule has 3 aromatic rings. The fraction of sp³-hybridized carbons (Fsp3) is 0.158. The first-order valence-electron chi connectivity index (χ1n) is 8.05. The first kappa shape index (κ1) is 17.8. The molecule has 1 N–H and O–H groups in total. The summed E-state index contributed by atoms with van der Waals surface area (Å²) < 4.78 is 5.51. The number of aromatic nitrogens is 2. The Morgan fingerprint density at radius 2 is 1.69 bits per heavy atom. The smallest absolute Gasteiger partial charge is 0.247 e. The van der Waals surface area contributed by atoms with Gasteiger partial charge in [-0.3, -0.25) is 9.59 Å². The van der Waals surface area contributed by atoms with Crippen LogP contribution in [-0.2, 0) is 11.3 Å². The van der Waals surface area contributed by atoms with E-state index < -0.39 is 0 Å². The van der Waals surface area contributed by atoms with Crippen LogP contribution in [0.4, 0.5) is 0 Å². The molecule has 1 amide bonds. The number of carbonyl (C=O) groups excluding carboxylic acids is 2. The van der Waals surface area contributed by atoms with Crippen molar-refractivity contribution in [1.82, 2.24) is 15.5 Å². The number of benzene rings is 2. The van der Waals surface area contributed by atoms with Crippen molar-refractivity contribution in [3.8, 4) is 11.5 Å². The number of rotatable bonds is 7. The lowest BCUT2D eigenvalue weighted by molar-refractivity contribution is -0.121. The van der Waals surface area contributed by atoms with E-state index in [1.54, 1.807) is 24.3 Å². The van der Waals surface area contributed by atoms with E-state index in [0.29, 0.717) is 22.4 Å². The van der Waals surface area contributed by atoms with E-state index >= 15 is 0 Å². The molecule has 6 nitrogen and oxygen atoms in total. The number of ketones is 1. The molecule has 26 heavy (non-hydrogen) atoms. The topological polar surface area (TPSA) is 85.1 Å². The summed E-state index contributed by atoms with van der Waals surface area (Å²) >= 11 is 5.98. The van der Waals surface area contributed by atoms with Gasteiger partial charge in [-0.15, -0.1) is 10.2 Å². The molecule has 0 aliphatic heterocycles. The highest BCUT2D eigenvalue weighted by molar-refractivity contribution is 6.34. The second-order valence-corrected chi connectivity index (χ2v) is 5.95. The second kappa shape index (κ2) is 8.40. The van der Waals surface area contributed by atoms with Crippen LogP contribution in [0.5, 0.6) is 0 Å². The summed E-state index contributed by atoms with van der Waals surface area (Å²) in [5.41, 5.74) is 1.23. The average Bonchev–Trinajstić information content (AvgIpc) is 3.14. The Morgan fingerprint density at radius 3 is 2.46 bits per heavy atom. The molecule has 2 aromatic carbocycles. The number of hydrogen-bond donors (Lipinski definition) is 1. The van der Waals surface area contributed by atoms with Crippen molar-refractivity contribution in [3.05, 3.63) is 71.1 Å². The first-order chi connectivity index (χ1) is 12.6. The molecule has 0 spiro atoms. The molecule has 1 heterocycles. The van der Waals surface area contributed by atoms with E-state index in [1.165, 1.54) is 0 Å². The molecule has 7 heteroatoms. The zero-order valence-electron chi connectivity index (χ0n) is 13.8. The Labute approximate surface area is 155 Å². The van der Waals surface area contributed by atoms with Gasteiger partial charge in [0, 0.05) is 24.0 Å². The largest absolute Gasteiger partial charge is 0.419 e. The normalized spacial score (nSPS) is 10.5. The van der Waals surface area contributed by atoms with Gasteiger partial charge in [0.25, 0.3) is 0 Å². The fourth-order valence-corrected chi connectivity index (χ4v) is 2.58. The summed E-state index contributed by atoms with van der Waals surface area (Å²) in [5, 5.41) is 10.9. The van der Waals surface area contributed by atoms with Crippen molar-refractivity contribution in [1.29, 1.82) is 0 Å². The van der Waals surface area contributed by atoms with Crippen molar-refractivity contribution in [2.24, 2.45) is 0 Å². The van der Waals surface area contributed by atoms with Crippen molar-refractivity contribution in [3.63, 3.8) is 0 Å². The van der Waals surface area contributed by atoms with Gasteiger partial charge in [-0.05, 0) is 24.3 Å². The highest BCUT2D eigenvalue weighted by Gasteiger charge is 2.13. The standard InChI is InChI=1S/C19H16ClN3O3/c20-15-9-5-4-8-14(15)16(24)10-11-17(25)21-12-18-22-23-19(26-18)13-6-2-1-3-7-13/h1-9H,10-12H2,(H,21,25). The van der Waals surface area contributed by atoms with E-state index in [-0.39, 0.29) is 31.1 Å². The lowest BCUT2D eigenvalue weighted by Crippen LogP contribution is -2.23. The summed E-state index contributed by atoms with van der Waals surface area (Å²) in [7, 11) is 0. The van der Waals surface area contributed by atoms with Crippen molar-refractivity contribution in [2.45, 2.75) is 19.4 Å². The third kappa shape index (κ3) is 4.55. The number of carbonyl (C=O) groups is 2. The molecule has 0 radical (unpaired) electrons. The van der Waals surface area contributed by atoms with Crippen LogP contribution in [0.1, 0.15) is 29.1 Å². The highest BCUT2D eigenvalue weighted by atomic mass is 35.5. The number of halogens is 1. The predicted molar refractivity (Wildman–Crippen MR) is 96.6 cm³/mol. The van der Waals surface area contributed by atoms with Gasteiger partial charge in [0.1, 0.15) is 0 Å². The Kier molecular flexibility index (Phi) is 5.76. The number of nitrogens with zero attached hydrogens (tertiary/aromatic N) is 2. The SMILES string of the molecule is O=C(CCC(=O)c1ccccc1Cl)NCc1nnc(-c2ccccc2)o1. The van der Waals surface area contributed by atoms with Crippen LogP contribution in [-0.4, -0.2) is 21.9 Å². The van der Waals surface area contributed by atoms with Crippen molar-refractivity contribution < 1.29 is 14.0 Å². The van der Waals surface area contributed by atoms with Gasteiger partial charge in [-0.2, -0.15) is 0 Å². The van der Waals surface area contributed by atoms with Crippen LogP contribution in [0, 0.1) is 0 Å². The molecule has 1 aromatic heterocycles. The van der Waals surface area contributed by atoms with Gasteiger partial charge in [-0.1, -0.05) is 41.9 Å². The average molecular weight is 370 g/mol. The summed E-state index contributed by atoms with van der Waals surface area (Å²) in [6.45, 7) is 0.110. The molecule has 0 saturated heterocycles. The quantitative estimate of drug-likeness (QED) is 0.642. The lowest BCUT2D eigenvalue weighted by Gasteiger charge is -2.04. The third-order valence-electron chi connectivity index (χ3n) is 3.68. The molecule has 3 rings (SSSR count). The summed E-state index contributed by atoms with van der Waals surface area (Å²) in [6.07, 6.45) is 0.137. The number of Topliss-reactive ketones (excluding diaryl/α,β-unsaturated/α-hetero) is 1. The molecule has 0 fully saturated rings. The molecule has 0 atom stereocenters. The van der Waals surface area contributed by atoms with Gasteiger partial charge in [-0.25, -0.2) is 0 Å². The van der Waals surface area contributed by atoms with Gasteiger partial charge < -0.3 is 9.73 Å². The van der Waals surface area contributed by atoms with E-state index in [1.807, 2.05) is 30.3 Å². The Hall–Kier alpha value is -2.99. The van der Waals surface area contributed by atoms with Gasteiger partial charge in [0.05, 0.1) is 11.6 Å². The number of hydrogen-bond acceptors (Lipinski definition) is 5. The minimum atomic E-state index is -0.273. The minimum absolute atomic E-state index is 0.0593. The van der Waals surface area contributed by atoms with Crippen LogP contribution in [0.25, 0.3) is 11.5 Å². The fourth-order valence-electron chi connectivity index (χ4n) is 2.33. The van der Waals surface area contributed by atoms with Crippen LogP contribution >= 0.6 is 11.6 Å². The van der Waals surface area contributed by atoms with Crippen LogP contribution in [0.15, 0.2) is 59.0 Å². The van der Waals surface area contributed by atoms with Crippen LogP contribution < -0.4 is 5.32 Å². The summed E-state index contributed by atoms with van der Waals surface area (Å²) in [5.74, 6) is 0.248. The molecule has 0 bridgehead atoms. The maximum absolute atomic E-state index is 12.1. The lowest BCUT2D eigenvalue weighted by atomic mass is 10.1. The Balaban J connectivity index is 1.48. The number of nitrogens with one attached hydrogen (secondary N) is 1. The van der Waals surface area contributed by atoms with E-state index in [2.05, 4.69) is 15.5 Å². The molecule has 0 saturated carbocycles. The molecule has 0 unspecified atom stereocenters.